The summed E-state index contributed by atoms with van der Waals surface area (Å²) in [6, 6.07) is 0. The third-order valence-corrected chi connectivity index (χ3v) is 7.53. The fraction of sp³-hybridized carbons (Fsp3) is 0.789. The molecule has 0 aromatic rings. The van der Waals surface area contributed by atoms with Crippen LogP contribution in [0.1, 0.15) is 53.4 Å². The van der Waals surface area contributed by atoms with Crippen LogP contribution in [0.15, 0.2) is 20.6 Å². The molecule has 2 heteroatoms. The Morgan fingerprint density at radius 3 is 2.05 bits per heavy atom. The molecule has 0 aliphatic heterocycles. The van der Waals surface area contributed by atoms with Gasteiger partial charge in [-0.2, -0.15) is 0 Å². The Hall–Kier alpha value is 0.154. The van der Waals surface area contributed by atoms with E-state index < -0.39 is 17.9 Å². The Morgan fingerprint density at radius 1 is 1.05 bits per heavy atom. The first-order chi connectivity index (χ1) is 9.83. The topological polar surface area (TPSA) is 3.24 Å². The second-order valence-corrected chi connectivity index (χ2v) is 11.2. The average molecular weight is 326 g/mol. The van der Waals surface area contributed by atoms with Crippen LogP contribution in [0.3, 0.4) is 0 Å². The quantitative estimate of drug-likeness (QED) is 0.517. The molecular weight excluding hydrogens is 290 g/mol. The van der Waals surface area contributed by atoms with Crippen molar-refractivity contribution in [1.82, 2.24) is 4.90 Å². The molecule has 2 atom stereocenters. The van der Waals surface area contributed by atoms with Crippen molar-refractivity contribution in [3.63, 3.8) is 0 Å². The summed E-state index contributed by atoms with van der Waals surface area (Å²) in [6.45, 7) is 10.8. The van der Waals surface area contributed by atoms with Crippen LogP contribution in [-0.2, 0) is 17.9 Å². The fourth-order valence-corrected chi connectivity index (χ4v) is 6.43. The SMILES string of the molecule is CCC(C)C1=[C]([Ti]([CH3])[CH3])C(C(C)CC)=C(CCN(C)C)C1. The number of rotatable bonds is 8. The molecule has 0 fully saturated rings. The molecule has 1 aliphatic carbocycles. The molecule has 1 rings (SSSR count). The Labute approximate surface area is 139 Å². The number of nitrogens with zero attached hydrogens (tertiary/aromatic N) is 1. The molecule has 0 saturated heterocycles. The van der Waals surface area contributed by atoms with Crippen molar-refractivity contribution in [3.05, 3.63) is 20.6 Å². The van der Waals surface area contributed by atoms with Crippen LogP contribution in [0, 0.1) is 11.8 Å². The van der Waals surface area contributed by atoms with Crippen molar-refractivity contribution in [2.75, 3.05) is 20.6 Å². The van der Waals surface area contributed by atoms with E-state index in [2.05, 4.69) is 57.1 Å². The first kappa shape index (κ1) is 19.2. The summed E-state index contributed by atoms with van der Waals surface area (Å²) in [5, 5.41) is 5.10. The van der Waals surface area contributed by atoms with Gasteiger partial charge in [-0.3, -0.25) is 0 Å². The predicted octanol–water partition coefficient (Wildman–Crippen LogP) is 5.70. The normalized spacial score (nSPS) is 18.7. The van der Waals surface area contributed by atoms with E-state index in [1.54, 1.807) is 11.1 Å². The van der Waals surface area contributed by atoms with Gasteiger partial charge in [-0.25, -0.2) is 0 Å². The fourth-order valence-electron chi connectivity index (χ4n) is 3.40. The molecule has 0 bridgehead atoms. The molecule has 0 amide bonds. The van der Waals surface area contributed by atoms with Crippen molar-refractivity contribution in [2.45, 2.75) is 63.8 Å². The number of allylic oxidation sites excluding steroid dienone is 3. The summed E-state index contributed by atoms with van der Waals surface area (Å²) < 4.78 is 1.88. The Kier molecular flexibility index (Phi) is 7.95. The summed E-state index contributed by atoms with van der Waals surface area (Å²) in [6.07, 6.45) is 5.13. The maximum absolute atomic E-state index is 2.55. The van der Waals surface area contributed by atoms with E-state index in [1.165, 1.54) is 32.2 Å². The first-order valence-electron chi connectivity index (χ1n) is 8.73. The van der Waals surface area contributed by atoms with E-state index in [9.17, 15) is 0 Å². The van der Waals surface area contributed by atoms with Crippen LogP contribution < -0.4 is 0 Å². The summed E-state index contributed by atoms with van der Waals surface area (Å²) >= 11 is -1.04. The molecule has 1 nitrogen and oxygen atoms in total. The second-order valence-electron chi connectivity index (χ2n) is 7.27. The van der Waals surface area contributed by atoms with Gasteiger partial charge in [0, 0.05) is 0 Å². The molecule has 2 unspecified atom stereocenters. The standard InChI is InChI=1S/C17H30N.2CH3.Ti/c1-7-13(3)16-11-15(9-10-18(5)6)17(12-16)14(4)8-2;;;/h13-14H,7-11H2,1-6H3;2*1H3;. The zero-order valence-electron chi connectivity index (χ0n) is 15.6. The van der Waals surface area contributed by atoms with Gasteiger partial charge in [-0.1, -0.05) is 0 Å². The van der Waals surface area contributed by atoms with Crippen LogP contribution in [-0.4, -0.2) is 25.5 Å². The Morgan fingerprint density at radius 2 is 1.62 bits per heavy atom. The molecule has 0 aromatic carbocycles. The Bertz CT molecular complexity index is 404. The minimum absolute atomic E-state index is 0.751. The van der Waals surface area contributed by atoms with E-state index in [4.69, 9.17) is 0 Å². The zero-order valence-corrected chi connectivity index (χ0v) is 17.2. The van der Waals surface area contributed by atoms with E-state index in [0.717, 1.165) is 11.8 Å². The van der Waals surface area contributed by atoms with Crippen molar-refractivity contribution in [2.24, 2.45) is 11.8 Å². The zero-order chi connectivity index (χ0) is 16.2. The van der Waals surface area contributed by atoms with Crippen molar-refractivity contribution in [3.8, 4) is 0 Å². The van der Waals surface area contributed by atoms with Gasteiger partial charge in [-0.05, 0) is 0 Å². The third-order valence-electron chi connectivity index (χ3n) is 5.05. The third kappa shape index (κ3) is 4.81. The van der Waals surface area contributed by atoms with Crippen LogP contribution >= 0.6 is 0 Å². The molecule has 0 spiro atoms. The van der Waals surface area contributed by atoms with E-state index in [-0.39, 0.29) is 0 Å². The average Bonchev–Trinajstić information content (AvgIpc) is 2.82. The summed E-state index contributed by atoms with van der Waals surface area (Å²) in [5.41, 5.74) is 5.40. The molecular formula is C19H36NTi. The Balaban J connectivity index is 3.18. The molecule has 1 aliphatic rings. The van der Waals surface area contributed by atoms with Crippen LogP contribution in [0.2, 0.25) is 10.5 Å². The molecule has 0 heterocycles. The number of hydrogen-bond acceptors (Lipinski definition) is 1. The van der Waals surface area contributed by atoms with Gasteiger partial charge in [-0.15, -0.1) is 0 Å². The molecule has 0 saturated carbocycles. The van der Waals surface area contributed by atoms with Gasteiger partial charge in [0.05, 0.1) is 0 Å². The molecule has 21 heavy (non-hydrogen) atoms. The predicted molar refractivity (Wildman–Crippen MR) is 92.5 cm³/mol. The van der Waals surface area contributed by atoms with E-state index >= 15 is 0 Å². The van der Waals surface area contributed by atoms with E-state index in [0.29, 0.717) is 0 Å². The molecule has 121 valence electrons. The van der Waals surface area contributed by atoms with Crippen molar-refractivity contribution >= 4 is 0 Å². The van der Waals surface area contributed by atoms with Gasteiger partial charge in [0.25, 0.3) is 0 Å². The summed E-state index contributed by atoms with van der Waals surface area (Å²) in [4.78, 5) is 2.33. The van der Waals surface area contributed by atoms with Gasteiger partial charge in [0.2, 0.25) is 0 Å². The number of hydrogen-bond donors (Lipinski definition) is 0. The van der Waals surface area contributed by atoms with Crippen LogP contribution in [0.25, 0.3) is 0 Å². The van der Waals surface area contributed by atoms with E-state index in [1.807, 2.05) is 9.45 Å². The van der Waals surface area contributed by atoms with Crippen LogP contribution in [0.4, 0.5) is 0 Å². The molecule has 0 N–H and O–H groups in total. The van der Waals surface area contributed by atoms with Gasteiger partial charge in [0.1, 0.15) is 0 Å². The van der Waals surface area contributed by atoms with Gasteiger partial charge in [0.15, 0.2) is 0 Å². The van der Waals surface area contributed by atoms with Gasteiger partial charge < -0.3 is 0 Å². The minimum atomic E-state index is -1.04. The van der Waals surface area contributed by atoms with Crippen molar-refractivity contribution < 1.29 is 17.9 Å². The first-order valence-corrected chi connectivity index (χ1v) is 12.6. The summed E-state index contributed by atoms with van der Waals surface area (Å²) in [7, 11) is 4.39. The second kappa shape index (κ2) is 8.70. The van der Waals surface area contributed by atoms with Crippen LogP contribution in [0.5, 0.6) is 0 Å². The molecule has 0 aromatic heterocycles. The monoisotopic (exact) mass is 326 g/mol. The van der Waals surface area contributed by atoms with Crippen molar-refractivity contribution in [1.29, 1.82) is 0 Å². The van der Waals surface area contributed by atoms with Gasteiger partial charge >= 0.3 is 140 Å². The maximum atomic E-state index is 2.55. The molecule has 0 radical (unpaired) electrons. The summed E-state index contributed by atoms with van der Waals surface area (Å²) in [5.74, 6) is 1.53.